The highest BCUT2D eigenvalue weighted by Gasteiger charge is 2.20. The largest absolute Gasteiger partial charge is 0.354 e. The molecular weight excluding hydrogens is 267 g/mol. The summed E-state index contributed by atoms with van der Waals surface area (Å²) < 4.78 is 12.9. The Labute approximate surface area is 124 Å². The summed E-state index contributed by atoms with van der Waals surface area (Å²) in [6, 6.07) is 11.0. The fourth-order valence-electron chi connectivity index (χ4n) is 2.68. The van der Waals surface area contributed by atoms with E-state index < -0.39 is 0 Å². The fraction of sp³-hybridized carbons (Fsp3) is 0.375. The molecule has 0 bridgehead atoms. The van der Waals surface area contributed by atoms with Crippen molar-refractivity contribution in [3.63, 3.8) is 0 Å². The predicted octanol–water partition coefficient (Wildman–Crippen LogP) is 2.37. The molecule has 1 atom stereocenters. The van der Waals surface area contributed by atoms with E-state index in [0.29, 0.717) is 6.04 Å². The highest BCUT2D eigenvalue weighted by molar-refractivity contribution is 5.37. The first-order chi connectivity index (χ1) is 10.3. The first-order valence-electron chi connectivity index (χ1n) is 7.32. The van der Waals surface area contributed by atoms with Crippen LogP contribution in [0.15, 0.2) is 42.6 Å². The van der Waals surface area contributed by atoms with Gasteiger partial charge in [0.2, 0.25) is 0 Å². The smallest absolute Gasteiger partial charge is 0.151 e. The van der Waals surface area contributed by atoms with Crippen LogP contribution in [-0.4, -0.2) is 29.3 Å². The minimum atomic E-state index is -0.190. The second kappa shape index (κ2) is 6.63. The molecule has 110 valence electrons. The number of hydrogen-bond acceptors (Lipinski definition) is 4. The molecule has 0 spiro atoms. The average Bonchev–Trinajstić information content (AvgIpc) is 2.55. The molecule has 1 fully saturated rings. The SMILES string of the molecule is Fc1ccc(CNC2CCCN(c3cccnn3)C2)cc1. The zero-order valence-corrected chi connectivity index (χ0v) is 11.9. The van der Waals surface area contributed by atoms with Gasteiger partial charge in [-0.25, -0.2) is 4.39 Å². The molecular formula is C16H19FN4. The predicted molar refractivity (Wildman–Crippen MR) is 80.5 cm³/mol. The van der Waals surface area contributed by atoms with Gasteiger partial charge in [0, 0.05) is 31.9 Å². The van der Waals surface area contributed by atoms with Crippen LogP contribution in [0.4, 0.5) is 10.2 Å². The maximum Gasteiger partial charge on any atom is 0.151 e. The van der Waals surface area contributed by atoms with E-state index in [2.05, 4.69) is 20.4 Å². The molecule has 1 aromatic heterocycles. The number of benzene rings is 1. The number of piperidine rings is 1. The van der Waals surface area contributed by atoms with Crippen molar-refractivity contribution in [3.8, 4) is 0 Å². The van der Waals surface area contributed by atoms with E-state index in [1.807, 2.05) is 24.3 Å². The number of nitrogens with one attached hydrogen (secondary N) is 1. The van der Waals surface area contributed by atoms with Crippen LogP contribution in [0, 0.1) is 5.82 Å². The first-order valence-corrected chi connectivity index (χ1v) is 7.32. The van der Waals surface area contributed by atoms with Crippen molar-refractivity contribution < 1.29 is 4.39 Å². The molecule has 1 aliphatic heterocycles. The van der Waals surface area contributed by atoms with Crippen molar-refractivity contribution in [2.45, 2.75) is 25.4 Å². The summed E-state index contributed by atoms with van der Waals surface area (Å²) in [4.78, 5) is 2.26. The summed E-state index contributed by atoms with van der Waals surface area (Å²) in [5, 5.41) is 11.7. The lowest BCUT2D eigenvalue weighted by atomic mass is 10.1. The number of anilines is 1. The molecule has 1 aromatic carbocycles. The van der Waals surface area contributed by atoms with Crippen molar-refractivity contribution in [3.05, 3.63) is 54.0 Å². The standard InChI is InChI=1S/C16H19FN4/c17-14-7-5-13(6-8-14)11-18-15-3-2-10-21(12-15)16-4-1-9-19-20-16/h1,4-9,15,18H,2-3,10-12H2. The molecule has 2 aromatic rings. The lowest BCUT2D eigenvalue weighted by Gasteiger charge is -2.33. The van der Waals surface area contributed by atoms with Gasteiger partial charge in [-0.2, -0.15) is 5.10 Å². The Morgan fingerprint density at radius 1 is 1.24 bits per heavy atom. The minimum absolute atomic E-state index is 0.190. The number of halogens is 1. The Bertz CT molecular complexity index is 558. The van der Waals surface area contributed by atoms with Gasteiger partial charge in [-0.15, -0.1) is 5.10 Å². The molecule has 21 heavy (non-hydrogen) atoms. The van der Waals surface area contributed by atoms with Crippen LogP contribution in [-0.2, 0) is 6.54 Å². The van der Waals surface area contributed by atoms with E-state index in [0.717, 1.165) is 43.9 Å². The van der Waals surface area contributed by atoms with E-state index in [9.17, 15) is 4.39 Å². The quantitative estimate of drug-likeness (QED) is 0.937. The highest BCUT2D eigenvalue weighted by atomic mass is 19.1. The van der Waals surface area contributed by atoms with E-state index in [1.54, 1.807) is 6.20 Å². The maximum absolute atomic E-state index is 12.9. The Kier molecular flexibility index (Phi) is 4.40. The van der Waals surface area contributed by atoms with Crippen LogP contribution in [0.1, 0.15) is 18.4 Å². The van der Waals surface area contributed by atoms with Crippen LogP contribution >= 0.6 is 0 Å². The molecule has 1 unspecified atom stereocenters. The normalized spacial score (nSPS) is 18.7. The first kappa shape index (κ1) is 13.9. The Morgan fingerprint density at radius 2 is 2.10 bits per heavy atom. The van der Waals surface area contributed by atoms with Crippen molar-refractivity contribution in [2.75, 3.05) is 18.0 Å². The maximum atomic E-state index is 12.9. The van der Waals surface area contributed by atoms with Crippen LogP contribution in [0.2, 0.25) is 0 Å². The summed E-state index contributed by atoms with van der Waals surface area (Å²) in [7, 11) is 0. The molecule has 5 heteroatoms. The summed E-state index contributed by atoms with van der Waals surface area (Å²) in [6.07, 6.45) is 3.98. The van der Waals surface area contributed by atoms with Crippen molar-refractivity contribution in [2.24, 2.45) is 0 Å². The molecule has 3 rings (SSSR count). The number of rotatable bonds is 4. The van der Waals surface area contributed by atoms with Gasteiger partial charge in [-0.1, -0.05) is 12.1 Å². The van der Waals surface area contributed by atoms with Crippen LogP contribution in [0.5, 0.6) is 0 Å². The van der Waals surface area contributed by atoms with Crippen LogP contribution in [0.3, 0.4) is 0 Å². The molecule has 1 saturated heterocycles. The van der Waals surface area contributed by atoms with E-state index >= 15 is 0 Å². The number of aromatic nitrogens is 2. The van der Waals surface area contributed by atoms with Gasteiger partial charge in [0.1, 0.15) is 5.82 Å². The molecule has 0 radical (unpaired) electrons. The number of hydrogen-bond donors (Lipinski definition) is 1. The third-order valence-corrected chi connectivity index (χ3v) is 3.81. The van der Waals surface area contributed by atoms with Gasteiger partial charge in [-0.05, 0) is 42.7 Å². The topological polar surface area (TPSA) is 41.0 Å². The van der Waals surface area contributed by atoms with Gasteiger partial charge < -0.3 is 10.2 Å². The molecule has 0 saturated carbocycles. The fourth-order valence-corrected chi connectivity index (χ4v) is 2.68. The second-order valence-corrected chi connectivity index (χ2v) is 5.37. The minimum Gasteiger partial charge on any atom is -0.354 e. The molecule has 2 heterocycles. The zero-order valence-electron chi connectivity index (χ0n) is 11.9. The van der Waals surface area contributed by atoms with Crippen molar-refractivity contribution >= 4 is 5.82 Å². The highest BCUT2D eigenvalue weighted by Crippen LogP contribution is 2.17. The number of nitrogens with zero attached hydrogens (tertiary/aromatic N) is 3. The van der Waals surface area contributed by atoms with Gasteiger partial charge in [0.15, 0.2) is 5.82 Å². The molecule has 0 amide bonds. The summed E-state index contributed by atoms with van der Waals surface area (Å²) >= 11 is 0. The molecule has 1 aliphatic rings. The molecule has 1 N–H and O–H groups in total. The lowest BCUT2D eigenvalue weighted by Crippen LogP contribution is -2.45. The summed E-state index contributed by atoms with van der Waals surface area (Å²) in [5.74, 6) is 0.746. The van der Waals surface area contributed by atoms with Crippen LogP contribution in [0.25, 0.3) is 0 Å². The molecule has 0 aliphatic carbocycles. The van der Waals surface area contributed by atoms with Gasteiger partial charge in [0.25, 0.3) is 0 Å². The molecule has 4 nitrogen and oxygen atoms in total. The second-order valence-electron chi connectivity index (χ2n) is 5.37. The van der Waals surface area contributed by atoms with Crippen LogP contribution < -0.4 is 10.2 Å². The van der Waals surface area contributed by atoms with Gasteiger partial charge in [0.05, 0.1) is 0 Å². The summed E-state index contributed by atoms with van der Waals surface area (Å²) in [5.41, 5.74) is 1.10. The Balaban J connectivity index is 1.55. The Morgan fingerprint density at radius 3 is 2.86 bits per heavy atom. The zero-order chi connectivity index (χ0) is 14.5. The van der Waals surface area contributed by atoms with Gasteiger partial charge in [-0.3, -0.25) is 0 Å². The van der Waals surface area contributed by atoms with E-state index in [-0.39, 0.29) is 5.82 Å². The van der Waals surface area contributed by atoms with Gasteiger partial charge >= 0.3 is 0 Å². The average molecular weight is 286 g/mol. The summed E-state index contributed by atoms with van der Waals surface area (Å²) in [6.45, 7) is 2.71. The van der Waals surface area contributed by atoms with Crippen molar-refractivity contribution in [1.29, 1.82) is 0 Å². The third kappa shape index (κ3) is 3.76. The third-order valence-electron chi connectivity index (χ3n) is 3.81. The monoisotopic (exact) mass is 286 g/mol. The Hall–Kier alpha value is -2.01. The van der Waals surface area contributed by atoms with Crippen molar-refractivity contribution in [1.82, 2.24) is 15.5 Å². The van der Waals surface area contributed by atoms with E-state index in [1.165, 1.54) is 12.1 Å². The van der Waals surface area contributed by atoms with E-state index in [4.69, 9.17) is 0 Å². The lowest BCUT2D eigenvalue weighted by molar-refractivity contribution is 0.419.